The summed E-state index contributed by atoms with van der Waals surface area (Å²) >= 11 is 0. The van der Waals surface area contributed by atoms with E-state index >= 15 is 0 Å². The van der Waals surface area contributed by atoms with Crippen LogP contribution in [0.1, 0.15) is 23.6 Å². The molecular weight excluding hydrogens is 405 g/mol. The van der Waals surface area contributed by atoms with Crippen molar-refractivity contribution >= 4 is 5.91 Å². The lowest BCUT2D eigenvalue weighted by Crippen LogP contribution is -2.38. The van der Waals surface area contributed by atoms with E-state index in [1.807, 2.05) is 54.6 Å². The number of primary amides is 1. The molecule has 1 unspecified atom stereocenters. The molecule has 0 fully saturated rings. The molecule has 0 aliphatic carbocycles. The molecule has 3 aromatic carbocycles. The molecule has 0 aromatic heterocycles. The molecule has 0 saturated carbocycles. The number of amides is 1. The quantitative estimate of drug-likeness (QED) is 0.541. The number of carbonyl (C=O) groups is 1. The first-order chi connectivity index (χ1) is 14.7. The number of halogens is 3. The summed E-state index contributed by atoms with van der Waals surface area (Å²) < 4.78 is 42.2. The van der Waals surface area contributed by atoms with Crippen LogP contribution in [0.5, 0.6) is 5.75 Å². The van der Waals surface area contributed by atoms with Crippen molar-refractivity contribution in [1.29, 1.82) is 0 Å². The number of alkyl halides is 3. The zero-order chi connectivity index (χ0) is 22.4. The zero-order valence-electron chi connectivity index (χ0n) is 16.9. The van der Waals surface area contributed by atoms with Crippen molar-refractivity contribution in [3.8, 4) is 16.9 Å². The van der Waals surface area contributed by atoms with E-state index in [4.69, 9.17) is 5.73 Å². The van der Waals surface area contributed by atoms with E-state index < -0.39 is 18.3 Å². The number of hydrogen-bond acceptors (Lipinski definition) is 3. The monoisotopic (exact) mass is 428 g/mol. The van der Waals surface area contributed by atoms with Gasteiger partial charge < -0.3 is 15.8 Å². The van der Waals surface area contributed by atoms with Crippen molar-refractivity contribution in [3.05, 3.63) is 89.5 Å². The van der Waals surface area contributed by atoms with Gasteiger partial charge in [0.25, 0.3) is 0 Å². The Morgan fingerprint density at radius 3 is 2.29 bits per heavy atom. The molecule has 7 heteroatoms. The Balaban J connectivity index is 1.87. The maximum absolute atomic E-state index is 12.7. The molecule has 31 heavy (non-hydrogen) atoms. The maximum atomic E-state index is 12.7. The van der Waals surface area contributed by atoms with Gasteiger partial charge in [-0.1, -0.05) is 60.7 Å². The summed E-state index contributed by atoms with van der Waals surface area (Å²) in [7, 11) is 0. The average Bonchev–Trinajstić information content (AvgIpc) is 2.72. The minimum atomic E-state index is -4.75. The molecular formula is C24H23F3N2O2. The normalized spacial score (nSPS) is 12.4. The second-order valence-corrected chi connectivity index (χ2v) is 7.23. The molecule has 0 aliphatic heterocycles. The first kappa shape index (κ1) is 22.4. The molecule has 3 N–H and O–H groups in total. The standard InChI is InChI=1S/C24H23F3N2O2/c1-16(23(28)30)29-15-18-7-9-19(10-8-18)22-12-11-21(31-24(25,26)27)14-20(22)13-17-5-3-2-4-6-17/h2-12,14,16,29H,13,15H2,1H3,(H2,28,30). The SMILES string of the molecule is CC(NCc1ccc(-c2ccc(OC(F)(F)F)cc2Cc2ccccc2)cc1)C(N)=O. The van der Waals surface area contributed by atoms with Crippen LogP contribution in [-0.2, 0) is 17.8 Å². The Morgan fingerprint density at radius 1 is 1.00 bits per heavy atom. The highest BCUT2D eigenvalue weighted by Crippen LogP contribution is 2.32. The predicted molar refractivity (Wildman–Crippen MR) is 113 cm³/mol. The minimum Gasteiger partial charge on any atom is -0.406 e. The predicted octanol–water partition coefficient (Wildman–Crippen LogP) is 4.81. The van der Waals surface area contributed by atoms with Gasteiger partial charge in [-0.25, -0.2) is 0 Å². The van der Waals surface area contributed by atoms with Crippen LogP contribution in [0.4, 0.5) is 13.2 Å². The van der Waals surface area contributed by atoms with Gasteiger partial charge in [0.05, 0.1) is 6.04 Å². The Hall–Kier alpha value is -3.32. The number of hydrogen-bond donors (Lipinski definition) is 2. The zero-order valence-corrected chi connectivity index (χ0v) is 16.9. The number of rotatable bonds is 8. The average molecular weight is 428 g/mol. The van der Waals surface area contributed by atoms with Gasteiger partial charge in [0, 0.05) is 6.54 Å². The van der Waals surface area contributed by atoms with E-state index in [2.05, 4.69) is 10.1 Å². The number of nitrogens with one attached hydrogen (secondary N) is 1. The fraction of sp³-hybridized carbons (Fsp3) is 0.208. The summed E-state index contributed by atoms with van der Waals surface area (Å²) in [5.41, 5.74) is 9.60. The molecule has 0 spiro atoms. The lowest BCUT2D eigenvalue weighted by molar-refractivity contribution is -0.274. The third kappa shape index (κ3) is 6.58. The summed E-state index contributed by atoms with van der Waals surface area (Å²) in [6, 6.07) is 21.1. The number of benzene rings is 3. The topological polar surface area (TPSA) is 64.3 Å². The summed E-state index contributed by atoms with van der Waals surface area (Å²) in [6.45, 7) is 2.16. The third-order valence-electron chi connectivity index (χ3n) is 4.85. The first-order valence-electron chi connectivity index (χ1n) is 9.76. The van der Waals surface area contributed by atoms with E-state index in [0.717, 1.165) is 27.8 Å². The molecule has 0 heterocycles. The van der Waals surface area contributed by atoms with Crippen molar-refractivity contribution in [3.63, 3.8) is 0 Å². The molecule has 4 nitrogen and oxygen atoms in total. The second-order valence-electron chi connectivity index (χ2n) is 7.23. The van der Waals surface area contributed by atoms with Crippen LogP contribution in [0.15, 0.2) is 72.8 Å². The Kier molecular flexibility index (Phi) is 6.97. The van der Waals surface area contributed by atoms with Crippen LogP contribution in [0.25, 0.3) is 11.1 Å². The van der Waals surface area contributed by atoms with Gasteiger partial charge in [0.15, 0.2) is 0 Å². The lowest BCUT2D eigenvalue weighted by Gasteiger charge is -2.15. The van der Waals surface area contributed by atoms with Gasteiger partial charge in [0.1, 0.15) is 5.75 Å². The van der Waals surface area contributed by atoms with E-state index in [-0.39, 0.29) is 5.75 Å². The largest absolute Gasteiger partial charge is 0.573 e. The molecule has 0 bridgehead atoms. The Morgan fingerprint density at radius 2 is 1.68 bits per heavy atom. The highest BCUT2D eigenvalue weighted by Gasteiger charge is 2.31. The van der Waals surface area contributed by atoms with E-state index in [0.29, 0.717) is 13.0 Å². The van der Waals surface area contributed by atoms with Crippen LogP contribution >= 0.6 is 0 Å². The molecule has 0 saturated heterocycles. The molecule has 1 amide bonds. The Bertz CT molecular complexity index is 1020. The Labute approximate surface area is 178 Å². The minimum absolute atomic E-state index is 0.247. The fourth-order valence-corrected chi connectivity index (χ4v) is 3.18. The van der Waals surface area contributed by atoms with E-state index in [1.165, 1.54) is 12.1 Å². The van der Waals surface area contributed by atoms with Gasteiger partial charge in [-0.3, -0.25) is 4.79 Å². The van der Waals surface area contributed by atoms with Gasteiger partial charge in [-0.05, 0) is 53.3 Å². The van der Waals surface area contributed by atoms with Gasteiger partial charge in [-0.2, -0.15) is 0 Å². The van der Waals surface area contributed by atoms with Crippen LogP contribution in [0.3, 0.4) is 0 Å². The van der Waals surface area contributed by atoms with Crippen molar-refractivity contribution in [2.45, 2.75) is 32.3 Å². The molecule has 0 aliphatic rings. The fourth-order valence-electron chi connectivity index (χ4n) is 3.18. The van der Waals surface area contributed by atoms with Crippen LogP contribution in [0.2, 0.25) is 0 Å². The van der Waals surface area contributed by atoms with Gasteiger partial charge >= 0.3 is 6.36 Å². The summed E-state index contributed by atoms with van der Waals surface area (Å²) in [4.78, 5) is 11.1. The highest BCUT2D eigenvalue weighted by atomic mass is 19.4. The van der Waals surface area contributed by atoms with Gasteiger partial charge in [0.2, 0.25) is 5.91 Å². The summed E-state index contributed by atoms with van der Waals surface area (Å²) in [5.74, 6) is -0.674. The second kappa shape index (κ2) is 9.66. The highest BCUT2D eigenvalue weighted by molar-refractivity contribution is 5.79. The van der Waals surface area contributed by atoms with Crippen molar-refractivity contribution in [2.75, 3.05) is 0 Å². The number of carbonyl (C=O) groups excluding carboxylic acids is 1. The molecule has 1 atom stereocenters. The van der Waals surface area contributed by atoms with Crippen molar-refractivity contribution < 1.29 is 22.7 Å². The van der Waals surface area contributed by atoms with Gasteiger partial charge in [-0.15, -0.1) is 13.2 Å². The molecule has 3 rings (SSSR count). The third-order valence-corrected chi connectivity index (χ3v) is 4.85. The maximum Gasteiger partial charge on any atom is 0.573 e. The smallest absolute Gasteiger partial charge is 0.406 e. The summed E-state index contributed by atoms with van der Waals surface area (Å²) in [5, 5.41) is 3.03. The van der Waals surface area contributed by atoms with Crippen LogP contribution < -0.4 is 15.8 Å². The van der Waals surface area contributed by atoms with E-state index in [9.17, 15) is 18.0 Å². The lowest BCUT2D eigenvalue weighted by atomic mass is 9.94. The summed E-state index contributed by atoms with van der Waals surface area (Å²) in [6.07, 6.45) is -4.28. The molecule has 162 valence electrons. The van der Waals surface area contributed by atoms with E-state index in [1.54, 1.807) is 13.0 Å². The molecule has 3 aromatic rings. The van der Waals surface area contributed by atoms with Crippen molar-refractivity contribution in [2.24, 2.45) is 5.73 Å². The van der Waals surface area contributed by atoms with Crippen LogP contribution in [-0.4, -0.2) is 18.3 Å². The molecule has 0 radical (unpaired) electrons. The number of nitrogens with two attached hydrogens (primary N) is 1. The number of ether oxygens (including phenoxy) is 1. The van der Waals surface area contributed by atoms with Crippen LogP contribution in [0, 0.1) is 0 Å². The van der Waals surface area contributed by atoms with Crippen molar-refractivity contribution in [1.82, 2.24) is 5.32 Å². The first-order valence-corrected chi connectivity index (χ1v) is 9.76.